The zero-order valence-corrected chi connectivity index (χ0v) is 79.9. The Morgan fingerprint density at radius 1 is 0.208 bits per heavy atom. The van der Waals surface area contributed by atoms with E-state index in [0.29, 0.717) is 185 Å². The standard InChI is InChI=1S/C18H19N5O3.3C17H17N5O3.2C16H15N5O3/c19-15-14-16-22-17(21-15)26-9-4-2-1-3-8-25-13-7-5-6-12(10-13)11-23(16)18(24)20-14;3*18-14-13-15-21-16(20-14)25-8-3-1-2-7-24-12-6-4-5-11(9-12)10-22(15)17(23)19-13;2*17-13-12-14-20-15(19-13)24-7-2-1-6-23-11-5-3-4-10(8-11)9-21(14)16(22)18-12/h1,3,5-7,10H,2,4,8-9,11H2,(H,20,24)(H2,19,21,22);1,3-6,9H,2,7-8,10H2,(H,19,23)(H2,18,20,21);2*1-2,4-6,9H,3,7-8,10H2,(H,19,23)(H2,18,20,21);2*1-5,8H,6-7,9H2,(H,18,22)(H2,17,19,20)/b2*3-1+;2-1+;2-1-;2-1+;2-1-. The summed E-state index contributed by atoms with van der Waals surface area (Å²) in [6, 6.07) is 46.5. The number of allylic oxidation sites excluding steroid dienone is 1. The number of aromatic nitrogens is 24. The van der Waals surface area contributed by atoms with Gasteiger partial charge in [0.05, 0.1) is 65.7 Å². The van der Waals surface area contributed by atoms with E-state index in [0.717, 1.165) is 87.1 Å². The van der Waals surface area contributed by atoms with Gasteiger partial charge in [0.25, 0.3) is 0 Å². The SMILES string of the molecule is Nc1nc2nc3c1[nH]c(=O)n3Cc1cccc(c1)OC/C=C/CCCO2.Nc1nc2nc3c1[nH]c(=O)n3Cc1cccc(c1)OC/C=C/CCO2.Nc1nc2nc3c1[nH]c(=O)n3Cc1cccc(c1)OC/C=C/CO2.Nc1nc2nc3c1[nH]c(=O)n3Cc1cccc(c1)OC/C=C\CCO2.Nc1nc2nc3c1[nH]c(=O)n3Cc1cccc(c1)OC/C=C\CO2.Nc1nc2nc3c1[nH]c(=O)n3Cc1cccc(c1)OCC/C=C/CO2. The number of aromatic amines is 6. The molecule has 48 nitrogen and oxygen atoms in total. The molecule has 48 heteroatoms. The summed E-state index contributed by atoms with van der Waals surface area (Å²) in [4.78, 5) is 141. The second-order valence-electron chi connectivity index (χ2n) is 33.7. The molecule has 12 aromatic heterocycles. The number of anilines is 6. The van der Waals surface area contributed by atoms with Gasteiger partial charge in [-0.2, -0.15) is 59.8 Å². The number of benzene rings is 6. The number of hydrogen-bond donors (Lipinski definition) is 12. The van der Waals surface area contributed by atoms with E-state index in [4.69, 9.17) is 91.2 Å². The zero-order chi connectivity index (χ0) is 103. The molecule has 762 valence electrons. The fourth-order valence-electron chi connectivity index (χ4n) is 16.1. The molecule has 0 saturated carbocycles. The molecule has 0 fully saturated rings. The van der Waals surface area contributed by atoms with Crippen molar-refractivity contribution in [2.75, 3.05) is 114 Å². The summed E-state index contributed by atoms with van der Waals surface area (Å²) in [6.07, 6.45) is 26.8. The molecule has 149 heavy (non-hydrogen) atoms. The first kappa shape index (κ1) is 98.1. The van der Waals surface area contributed by atoms with Gasteiger partial charge in [0.1, 0.15) is 120 Å². The number of nitrogens with one attached hydrogen (secondary N) is 6. The van der Waals surface area contributed by atoms with Crippen LogP contribution in [0.3, 0.4) is 0 Å². The second kappa shape index (κ2) is 45.7. The quantitative estimate of drug-likeness (QED) is 0.0633. The largest absolute Gasteiger partial charge is 0.493 e. The van der Waals surface area contributed by atoms with Gasteiger partial charge in [-0.3, -0.25) is 27.4 Å². The number of nitrogen functional groups attached to an aromatic ring is 6. The molecule has 6 aromatic carbocycles. The third kappa shape index (κ3) is 24.1. The van der Waals surface area contributed by atoms with Gasteiger partial charge in [-0.1, -0.05) is 121 Å². The molecule has 18 aromatic rings. The van der Waals surface area contributed by atoms with Gasteiger partial charge < -0.3 is 121 Å². The lowest BCUT2D eigenvalue weighted by molar-refractivity contribution is 0.288. The Labute approximate surface area is 842 Å². The maximum Gasteiger partial charge on any atom is 0.328 e. The highest BCUT2D eigenvalue weighted by atomic mass is 16.5. The fraction of sp³-hybridized carbons (Fsp3) is 0.228. The van der Waals surface area contributed by atoms with Crippen molar-refractivity contribution in [3.8, 4) is 70.6 Å². The predicted octanol–water partition coefficient (Wildman–Crippen LogP) is 8.42. The Kier molecular flexibility index (Phi) is 30.1. The van der Waals surface area contributed by atoms with Crippen molar-refractivity contribution in [3.05, 3.63) is 315 Å². The minimum Gasteiger partial charge on any atom is -0.493 e. The van der Waals surface area contributed by atoms with E-state index in [-0.39, 0.29) is 118 Å². The Morgan fingerprint density at radius 2 is 0.396 bits per heavy atom. The first-order chi connectivity index (χ1) is 72.7. The Bertz CT molecular complexity index is 8220. The molecule has 6 aliphatic heterocycles. The molecule has 0 aliphatic carbocycles. The molecule has 18 N–H and O–H groups in total. The van der Waals surface area contributed by atoms with Crippen LogP contribution < -0.4 is 125 Å². The van der Waals surface area contributed by atoms with Crippen LogP contribution in [0.2, 0.25) is 0 Å². The van der Waals surface area contributed by atoms with Gasteiger partial charge in [-0.15, -0.1) is 0 Å². The first-order valence-corrected chi connectivity index (χ1v) is 47.3. The highest BCUT2D eigenvalue weighted by molar-refractivity contribution is 5.86. The van der Waals surface area contributed by atoms with Crippen molar-refractivity contribution >= 4 is 102 Å². The van der Waals surface area contributed by atoms with Crippen molar-refractivity contribution in [1.82, 2.24) is 117 Å². The summed E-state index contributed by atoms with van der Waals surface area (Å²) in [5, 5.41) is 0. The third-order valence-electron chi connectivity index (χ3n) is 23.2. The summed E-state index contributed by atoms with van der Waals surface area (Å²) in [5.74, 6) is 5.59. The topological polar surface area (TPSA) is 648 Å². The molecule has 0 amide bonds. The number of rotatable bonds is 0. The van der Waals surface area contributed by atoms with Gasteiger partial charge in [-0.05, 0) is 163 Å². The van der Waals surface area contributed by atoms with E-state index in [1.807, 2.05) is 212 Å². The summed E-state index contributed by atoms with van der Waals surface area (Å²) in [7, 11) is 0. The molecule has 24 bridgehead atoms. The van der Waals surface area contributed by atoms with Gasteiger partial charge in [0.2, 0.25) is 0 Å². The number of hydrogen-bond acceptors (Lipinski definition) is 36. The van der Waals surface area contributed by atoms with Gasteiger partial charge in [0, 0.05) is 0 Å². The zero-order valence-electron chi connectivity index (χ0n) is 79.9. The molecule has 0 saturated heterocycles. The normalized spacial score (nSPS) is 15.8. The van der Waals surface area contributed by atoms with Crippen LogP contribution >= 0.6 is 0 Å². The van der Waals surface area contributed by atoms with Crippen LogP contribution in [0.5, 0.6) is 70.6 Å². The molecule has 0 atom stereocenters. The van der Waals surface area contributed by atoms with E-state index in [1.54, 1.807) is 0 Å². The van der Waals surface area contributed by atoms with Crippen molar-refractivity contribution in [2.45, 2.75) is 71.4 Å². The predicted molar refractivity (Wildman–Crippen MR) is 552 cm³/mol. The minimum atomic E-state index is -0.304. The first-order valence-electron chi connectivity index (χ1n) is 47.3. The number of H-pyrrole nitrogens is 6. The van der Waals surface area contributed by atoms with Crippen molar-refractivity contribution in [3.63, 3.8) is 0 Å². The molecule has 0 radical (unpaired) electrons. The molecule has 6 aliphatic rings. The van der Waals surface area contributed by atoms with E-state index < -0.39 is 0 Å². The highest BCUT2D eigenvalue weighted by Gasteiger charge is 2.24. The number of fused-ring (bicyclic) bond motifs is 18. The average molecular weight is 2020 g/mol. The maximum absolute atomic E-state index is 12.4. The Morgan fingerprint density at radius 3 is 0.631 bits per heavy atom. The highest BCUT2D eigenvalue weighted by Crippen LogP contribution is 2.30. The van der Waals surface area contributed by atoms with Gasteiger partial charge in [-0.25, -0.2) is 28.8 Å². The van der Waals surface area contributed by atoms with Crippen LogP contribution in [0, 0.1) is 0 Å². The lowest BCUT2D eigenvalue weighted by atomic mass is 10.2. The monoisotopic (exact) mass is 2020 g/mol. The van der Waals surface area contributed by atoms with Crippen LogP contribution in [0.1, 0.15) is 65.5 Å². The van der Waals surface area contributed by atoms with Crippen LogP contribution in [-0.4, -0.2) is 196 Å². The van der Waals surface area contributed by atoms with Crippen molar-refractivity contribution in [1.29, 1.82) is 0 Å². The lowest BCUT2D eigenvalue weighted by Crippen LogP contribution is -2.18. The lowest BCUT2D eigenvalue weighted by Gasteiger charge is -2.09. The average Bonchev–Trinajstić information content (AvgIpc) is 1.66. The Balaban J connectivity index is 0.000000112. The number of nitrogens with two attached hydrogens (primary N) is 6. The van der Waals surface area contributed by atoms with E-state index in [1.165, 1.54) is 27.4 Å². The molecular weight excluding hydrogens is 1920 g/mol. The fourth-order valence-corrected chi connectivity index (χ4v) is 16.1. The van der Waals surface area contributed by atoms with Crippen molar-refractivity contribution < 1.29 is 56.8 Å². The number of imidazole rings is 6. The minimum absolute atomic E-state index is 0.129. The Hall–Kier alpha value is -19.7. The number of nitrogens with zero attached hydrogens (tertiary/aromatic N) is 18. The summed E-state index contributed by atoms with van der Waals surface area (Å²) in [6.45, 7) is 7.00. The molecule has 0 unspecified atom stereocenters. The van der Waals surface area contributed by atoms with Crippen LogP contribution in [-0.2, 0) is 39.3 Å². The summed E-state index contributed by atoms with van der Waals surface area (Å²) < 4.78 is 76.4. The van der Waals surface area contributed by atoms with Gasteiger partial charge >= 0.3 is 70.2 Å². The molecule has 18 heterocycles. The second-order valence-corrected chi connectivity index (χ2v) is 33.7. The van der Waals surface area contributed by atoms with Crippen LogP contribution in [0.25, 0.3) is 67.0 Å². The maximum atomic E-state index is 12.4. The summed E-state index contributed by atoms with van der Waals surface area (Å²) >= 11 is 0. The number of ether oxygens (including phenoxy) is 12. The summed E-state index contributed by atoms with van der Waals surface area (Å²) in [5.41, 5.74) is 44.3. The molecular formula is C101H100N30O18. The molecule has 0 spiro atoms. The molecule has 24 rings (SSSR count). The van der Waals surface area contributed by atoms with E-state index in [9.17, 15) is 28.8 Å². The third-order valence-corrected chi connectivity index (χ3v) is 23.2. The van der Waals surface area contributed by atoms with E-state index in [2.05, 4.69) is 95.8 Å². The van der Waals surface area contributed by atoms with Gasteiger partial charge in [0.15, 0.2) is 68.8 Å². The van der Waals surface area contributed by atoms with Crippen LogP contribution in [0.15, 0.2) is 247 Å². The van der Waals surface area contributed by atoms with E-state index >= 15 is 0 Å². The van der Waals surface area contributed by atoms with Crippen LogP contribution in [0.4, 0.5) is 34.9 Å². The van der Waals surface area contributed by atoms with Crippen molar-refractivity contribution in [2.24, 2.45) is 0 Å². The smallest absolute Gasteiger partial charge is 0.328 e.